The van der Waals surface area contributed by atoms with Crippen LogP contribution < -0.4 is 0 Å². The van der Waals surface area contributed by atoms with E-state index in [1.54, 1.807) is 4.68 Å². The first-order valence-electron chi connectivity index (χ1n) is 5.16. The predicted molar refractivity (Wildman–Crippen MR) is 53.9 cm³/mol. The lowest BCUT2D eigenvalue weighted by Crippen LogP contribution is -2.10. The number of ketones is 1. The molecule has 0 aliphatic rings. The van der Waals surface area contributed by atoms with Crippen molar-refractivity contribution in [3.8, 4) is 0 Å². The topological polar surface area (TPSA) is 47.8 Å². The fourth-order valence-electron chi connectivity index (χ4n) is 1.33. The fourth-order valence-corrected chi connectivity index (χ4v) is 1.33. The van der Waals surface area contributed by atoms with Crippen LogP contribution in [-0.2, 0) is 17.8 Å². The van der Waals surface area contributed by atoms with Gasteiger partial charge in [0, 0.05) is 13.0 Å². The summed E-state index contributed by atoms with van der Waals surface area (Å²) in [6.07, 6.45) is 4.62. The largest absolute Gasteiger partial charge is 0.299 e. The number of unbranched alkanes of at least 4 members (excludes halogenated alkanes) is 1. The van der Waals surface area contributed by atoms with Crippen molar-refractivity contribution in [3.63, 3.8) is 0 Å². The maximum atomic E-state index is 11.5. The van der Waals surface area contributed by atoms with Gasteiger partial charge in [-0.15, -0.1) is 0 Å². The summed E-state index contributed by atoms with van der Waals surface area (Å²) in [6, 6.07) is 0. The molecule has 1 rings (SSSR count). The molecule has 0 aliphatic carbocycles. The van der Waals surface area contributed by atoms with Crippen LogP contribution in [0.3, 0.4) is 0 Å². The number of aryl methyl sites for hydroxylation is 1. The summed E-state index contributed by atoms with van der Waals surface area (Å²) in [4.78, 5) is 15.5. The van der Waals surface area contributed by atoms with Gasteiger partial charge in [0.1, 0.15) is 17.9 Å². The van der Waals surface area contributed by atoms with E-state index in [9.17, 15) is 4.79 Å². The molecule has 14 heavy (non-hydrogen) atoms. The third-order valence-corrected chi connectivity index (χ3v) is 2.16. The van der Waals surface area contributed by atoms with Crippen molar-refractivity contribution in [1.29, 1.82) is 0 Å². The maximum Gasteiger partial charge on any atom is 0.140 e. The summed E-state index contributed by atoms with van der Waals surface area (Å²) in [5.74, 6) is 1.04. The Hall–Kier alpha value is -1.19. The van der Waals surface area contributed by atoms with E-state index in [0.29, 0.717) is 12.8 Å². The van der Waals surface area contributed by atoms with Crippen molar-refractivity contribution in [1.82, 2.24) is 14.8 Å². The van der Waals surface area contributed by atoms with Gasteiger partial charge in [0.25, 0.3) is 0 Å². The van der Waals surface area contributed by atoms with Crippen LogP contribution in [0.4, 0.5) is 0 Å². The standard InChI is InChI=1S/C10H17N3O/c1-3-5-6-9(14)7-10-11-8-12-13(10)4-2/h8H,3-7H2,1-2H3. The summed E-state index contributed by atoms with van der Waals surface area (Å²) in [6.45, 7) is 4.85. The van der Waals surface area contributed by atoms with Crippen LogP contribution in [0.2, 0.25) is 0 Å². The van der Waals surface area contributed by atoms with Crippen molar-refractivity contribution in [2.24, 2.45) is 0 Å². The van der Waals surface area contributed by atoms with Crippen LogP contribution in [0.25, 0.3) is 0 Å². The molecule has 0 N–H and O–H groups in total. The molecule has 0 aromatic carbocycles. The maximum absolute atomic E-state index is 11.5. The summed E-state index contributed by atoms with van der Waals surface area (Å²) >= 11 is 0. The van der Waals surface area contributed by atoms with Gasteiger partial charge in [-0.1, -0.05) is 13.3 Å². The number of hydrogen-bond acceptors (Lipinski definition) is 3. The first-order chi connectivity index (χ1) is 6.77. The first kappa shape index (κ1) is 10.9. The molecular weight excluding hydrogens is 178 g/mol. The Morgan fingerprint density at radius 1 is 1.50 bits per heavy atom. The van der Waals surface area contributed by atoms with E-state index < -0.39 is 0 Å². The highest BCUT2D eigenvalue weighted by molar-refractivity contribution is 5.80. The van der Waals surface area contributed by atoms with Crippen molar-refractivity contribution < 1.29 is 4.79 Å². The van der Waals surface area contributed by atoms with Gasteiger partial charge in [-0.2, -0.15) is 5.10 Å². The molecular formula is C10H17N3O. The molecule has 78 valence electrons. The molecule has 0 aliphatic heterocycles. The number of carbonyl (C=O) groups is 1. The van der Waals surface area contributed by atoms with Crippen molar-refractivity contribution >= 4 is 5.78 Å². The van der Waals surface area contributed by atoms with Crippen LogP contribution in [0.1, 0.15) is 38.9 Å². The van der Waals surface area contributed by atoms with Crippen molar-refractivity contribution in [2.45, 2.75) is 46.1 Å². The van der Waals surface area contributed by atoms with E-state index in [1.165, 1.54) is 6.33 Å². The lowest BCUT2D eigenvalue weighted by molar-refractivity contribution is -0.118. The SMILES string of the molecule is CCCCC(=O)Cc1ncnn1CC. The molecule has 4 nitrogen and oxygen atoms in total. The van der Waals surface area contributed by atoms with E-state index in [2.05, 4.69) is 17.0 Å². The van der Waals surface area contributed by atoms with Crippen LogP contribution in [0.15, 0.2) is 6.33 Å². The van der Waals surface area contributed by atoms with Crippen molar-refractivity contribution in [2.75, 3.05) is 0 Å². The molecule has 0 amide bonds. The molecule has 1 aromatic rings. The highest BCUT2D eigenvalue weighted by atomic mass is 16.1. The smallest absolute Gasteiger partial charge is 0.140 e. The molecule has 4 heteroatoms. The van der Waals surface area contributed by atoms with Gasteiger partial charge < -0.3 is 0 Å². The number of carbonyl (C=O) groups excluding carboxylic acids is 1. The summed E-state index contributed by atoms with van der Waals surface area (Å²) in [7, 11) is 0. The number of aromatic nitrogens is 3. The minimum atomic E-state index is 0.259. The summed E-state index contributed by atoms with van der Waals surface area (Å²) in [5, 5.41) is 4.02. The highest BCUT2D eigenvalue weighted by Gasteiger charge is 2.08. The Balaban J connectivity index is 2.47. The average Bonchev–Trinajstić information content (AvgIpc) is 2.62. The number of hydrogen-bond donors (Lipinski definition) is 0. The number of nitrogens with zero attached hydrogens (tertiary/aromatic N) is 3. The molecule has 0 unspecified atom stereocenters. The molecule has 0 saturated carbocycles. The number of Topliss-reactive ketones (excluding diaryl/α,β-unsaturated/α-hetero) is 1. The quantitative estimate of drug-likeness (QED) is 0.692. The Labute approximate surface area is 84.3 Å². The van der Waals surface area contributed by atoms with Crippen molar-refractivity contribution in [3.05, 3.63) is 12.2 Å². The normalized spacial score (nSPS) is 10.4. The Bertz CT molecular complexity index is 293. The summed E-state index contributed by atoms with van der Waals surface area (Å²) in [5.41, 5.74) is 0. The van der Waals surface area contributed by atoms with E-state index >= 15 is 0 Å². The fraction of sp³-hybridized carbons (Fsp3) is 0.700. The second kappa shape index (κ2) is 5.52. The van der Waals surface area contributed by atoms with E-state index in [4.69, 9.17) is 0 Å². The molecule has 0 saturated heterocycles. The van der Waals surface area contributed by atoms with Crippen LogP contribution >= 0.6 is 0 Å². The molecule has 0 spiro atoms. The zero-order chi connectivity index (χ0) is 10.4. The van der Waals surface area contributed by atoms with Gasteiger partial charge >= 0.3 is 0 Å². The van der Waals surface area contributed by atoms with E-state index in [0.717, 1.165) is 25.2 Å². The van der Waals surface area contributed by atoms with Gasteiger partial charge in [0.15, 0.2) is 0 Å². The van der Waals surface area contributed by atoms with Gasteiger partial charge in [0.2, 0.25) is 0 Å². The molecule has 1 aromatic heterocycles. The lowest BCUT2D eigenvalue weighted by Gasteiger charge is -2.01. The Morgan fingerprint density at radius 2 is 2.29 bits per heavy atom. The van der Waals surface area contributed by atoms with Crippen LogP contribution in [0, 0.1) is 0 Å². The summed E-state index contributed by atoms with van der Waals surface area (Å²) < 4.78 is 1.77. The minimum absolute atomic E-state index is 0.259. The Kier molecular flexibility index (Phi) is 4.29. The third-order valence-electron chi connectivity index (χ3n) is 2.16. The minimum Gasteiger partial charge on any atom is -0.299 e. The monoisotopic (exact) mass is 195 g/mol. The average molecular weight is 195 g/mol. The second-order valence-electron chi connectivity index (χ2n) is 3.31. The van der Waals surface area contributed by atoms with Gasteiger partial charge in [-0.25, -0.2) is 9.67 Å². The Morgan fingerprint density at radius 3 is 2.93 bits per heavy atom. The van der Waals surface area contributed by atoms with E-state index in [-0.39, 0.29) is 5.78 Å². The van der Waals surface area contributed by atoms with E-state index in [1.807, 2.05) is 6.92 Å². The predicted octanol–water partition coefficient (Wildman–Crippen LogP) is 1.60. The molecule has 0 atom stereocenters. The van der Waals surface area contributed by atoms with Gasteiger partial charge in [-0.05, 0) is 13.3 Å². The van der Waals surface area contributed by atoms with Gasteiger partial charge in [0.05, 0.1) is 6.42 Å². The zero-order valence-electron chi connectivity index (χ0n) is 8.86. The molecule has 1 heterocycles. The molecule has 0 radical (unpaired) electrons. The highest BCUT2D eigenvalue weighted by Crippen LogP contribution is 2.02. The third kappa shape index (κ3) is 2.94. The van der Waals surface area contributed by atoms with Crippen LogP contribution in [-0.4, -0.2) is 20.5 Å². The molecule has 0 fully saturated rings. The second-order valence-corrected chi connectivity index (χ2v) is 3.31. The first-order valence-corrected chi connectivity index (χ1v) is 5.16. The number of rotatable bonds is 6. The zero-order valence-corrected chi connectivity index (χ0v) is 8.86. The van der Waals surface area contributed by atoms with Gasteiger partial charge in [-0.3, -0.25) is 4.79 Å². The molecule has 0 bridgehead atoms. The lowest BCUT2D eigenvalue weighted by atomic mass is 10.1. The van der Waals surface area contributed by atoms with Crippen LogP contribution in [0.5, 0.6) is 0 Å².